The molecule has 39 heavy (non-hydrogen) atoms. The van der Waals surface area contributed by atoms with Gasteiger partial charge in [-0.3, -0.25) is 14.5 Å². The first kappa shape index (κ1) is 26.6. The number of ketones is 1. The van der Waals surface area contributed by atoms with Crippen LogP contribution >= 0.6 is 0 Å². The van der Waals surface area contributed by atoms with Gasteiger partial charge in [0.15, 0.2) is 0 Å². The fourth-order valence-corrected chi connectivity index (χ4v) is 5.63. The molecule has 0 bridgehead atoms. The third-order valence-electron chi connectivity index (χ3n) is 7.99. The molecular weight excluding hydrogens is 492 g/mol. The highest BCUT2D eigenvalue weighted by Crippen LogP contribution is 2.44. The molecule has 0 aliphatic carbocycles. The number of hydrogen-bond acceptors (Lipinski definition) is 6. The van der Waals surface area contributed by atoms with E-state index in [9.17, 15) is 14.7 Å². The lowest BCUT2D eigenvalue weighted by molar-refractivity contribution is -0.132. The second kappa shape index (κ2) is 10.6. The molecule has 0 saturated carbocycles. The first-order valence-electron chi connectivity index (χ1n) is 13.6. The first-order valence-corrected chi connectivity index (χ1v) is 13.6. The van der Waals surface area contributed by atoms with Gasteiger partial charge in [-0.1, -0.05) is 20.8 Å². The molecule has 1 atom stereocenters. The number of aryl methyl sites for hydroxylation is 1. The highest BCUT2D eigenvalue weighted by molar-refractivity contribution is 6.51. The molecule has 0 spiro atoms. The lowest BCUT2D eigenvalue weighted by atomic mass is 9.92. The number of Topliss-reactive ketones (excluding diaryl/α,β-unsaturated/α-hetero) is 1. The van der Waals surface area contributed by atoms with Gasteiger partial charge in [0, 0.05) is 30.0 Å². The van der Waals surface area contributed by atoms with Crippen molar-refractivity contribution in [2.24, 2.45) is 5.92 Å². The Hall–Kier alpha value is -4.00. The summed E-state index contributed by atoms with van der Waals surface area (Å²) in [6, 6.07) is 13.9. The Morgan fingerprint density at radius 1 is 1.05 bits per heavy atom. The molecule has 2 fully saturated rings. The Balaban J connectivity index is 1.59. The van der Waals surface area contributed by atoms with E-state index < -0.39 is 17.7 Å². The van der Waals surface area contributed by atoms with Crippen LogP contribution in [0.25, 0.3) is 5.76 Å². The number of rotatable bonds is 6. The minimum atomic E-state index is -0.898. The topological polar surface area (TPSA) is 83.2 Å². The van der Waals surface area contributed by atoms with E-state index in [0.717, 1.165) is 48.7 Å². The van der Waals surface area contributed by atoms with Crippen LogP contribution in [0.5, 0.6) is 5.75 Å². The Kier molecular flexibility index (Phi) is 7.25. The van der Waals surface area contributed by atoms with E-state index in [1.807, 2.05) is 57.2 Å². The number of nitrogens with zero attached hydrogens (tertiary/aromatic N) is 2. The zero-order chi connectivity index (χ0) is 27.8. The van der Waals surface area contributed by atoms with Crippen molar-refractivity contribution in [1.29, 1.82) is 0 Å². The number of hydrogen-bond donors (Lipinski definition) is 1. The Bertz CT molecular complexity index is 1400. The molecule has 2 aliphatic rings. The monoisotopic (exact) mass is 528 g/mol. The largest absolute Gasteiger partial charge is 0.507 e. The van der Waals surface area contributed by atoms with Gasteiger partial charge in [0.2, 0.25) is 0 Å². The van der Waals surface area contributed by atoms with Crippen LogP contribution in [0.2, 0.25) is 0 Å². The highest BCUT2D eigenvalue weighted by Gasteiger charge is 2.48. The van der Waals surface area contributed by atoms with Crippen LogP contribution in [0.4, 0.5) is 11.4 Å². The number of amides is 1. The summed E-state index contributed by atoms with van der Waals surface area (Å²) in [5.74, 6) is 0.296. The van der Waals surface area contributed by atoms with Gasteiger partial charge in [0.05, 0.1) is 18.9 Å². The van der Waals surface area contributed by atoms with Crippen molar-refractivity contribution in [3.05, 3.63) is 82.8 Å². The van der Waals surface area contributed by atoms with Gasteiger partial charge in [-0.05, 0) is 91.3 Å². The molecule has 7 nitrogen and oxygen atoms in total. The van der Waals surface area contributed by atoms with Crippen LogP contribution < -0.4 is 14.5 Å². The number of methoxy groups -OCH3 is 1. The van der Waals surface area contributed by atoms with E-state index in [2.05, 4.69) is 11.8 Å². The van der Waals surface area contributed by atoms with Crippen molar-refractivity contribution < 1.29 is 23.8 Å². The number of carbonyl (C=O) groups is 2. The smallest absolute Gasteiger partial charge is 0.300 e. The predicted octanol–water partition coefficient (Wildman–Crippen LogP) is 6.58. The molecule has 3 aromatic rings. The number of aliphatic hydroxyl groups excluding tert-OH is 1. The Morgan fingerprint density at radius 2 is 1.72 bits per heavy atom. The number of benzene rings is 2. The molecule has 0 radical (unpaired) electrons. The third-order valence-corrected chi connectivity index (χ3v) is 7.99. The highest BCUT2D eigenvalue weighted by atomic mass is 16.5. The maximum Gasteiger partial charge on any atom is 0.300 e. The number of furan rings is 1. The molecule has 1 aromatic heterocycles. The minimum absolute atomic E-state index is 0.00650. The van der Waals surface area contributed by atoms with Gasteiger partial charge in [0.1, 0.15) is 23.3 Å². The molecule has 7 heteroatoms. The third kappa shape index (κ3) is 4.82. The van der Waals surface area contributed by atoms with Crippen LogP contribution in [0.3, 0.4) is 0 Å². The van der Waals surface area contributed by atoms with Crippen molar-refractivity contribution in [3.8, 4) is 5.75 Å². The fraction of sp³-hybridized carbons (Fsp3) is 0.375. The van der Waals surface area contributed by atoms with E-state index in [-0.39, 0.29) is 17.3 Å². The standard InChI is InChI=1S/C32H36N2O5/c1-19(2)24-18-25(21(4)17-27(24)38-5)30(35)28-29(26-7-6-16-39-26)34(32(37)31(28)36)23-10-8-22(9-11-23)33-14-12-20(3)13-15-33/h6-11,16-20,29,35H,12-15H2,1-5H3/b30-28+. The summed E-state index contributed by atoms with van der Waals surface area (Å²) in [4.78, 5) is 30.8. The molecule has 204 valence electrons. The molecule has 2 saturated heterocycles. The summed E-state index contributed by atoms with van der Waals surface area (Å²) < 4.78 is 11.3. The summed E-state index contributed by atoms with van der Waals surface area (Å²) in [6.07, 6.45) is 3.81. The van der Waals surface area contributed by atoms with Crippen LogP contribution in [-0.2, 0) is 9.59 Å². The summed E-state index contributed by atoms with van der Waals surface area (Å²) in [5, 5.41) is 11.6. The van der Waals surface area contributed by atoms with Crippen molar-refractivity contribution in [2.45, 2.75) is 52.5 Å². The van der Waals surface area contributed by atoms with Gasteiger partial charge in [-0.15, -0.1) is 0 Å². The second-order valence-electron chi connectivity index (χ2n) is 10.9. The molecule has 2 aromatic carbocycles. The SMILES string of the molecule is COc1cc(C)c(/C(O)=C2\C(=O)C(=O)N(c3ccc(N4CCC(C)CC4)cc3)C2c2ccco2)cc1C(C)C. The fourth-order valence-electron chi connectivity index (χ4n) is 5.63. The van der Waals surface area contributed by atoms with Crippen LogP contribution in [0.1, 0.15) is 68.0 Å². The van der Waals surface area contributed by atoms with Crippen molar-refractivity contribution in [2.75, 3.05) is 30.0 Å². The minimum Gasteiger partial charge on any atom is -0.507 e. The number of ether oxygens (including phenoxy) is 1. The summed E-state index contributed by atoms with van der Waals surface area (Å²) >= 11 is 0. The average molecular weight is 529 g/mol. The van der Waals surface area contributed by atoms with Gasteiger partial charge in [0.25, 0.3) is 11.7 Å². The van der Waals surface area contributed by atoms with E-state index in [1.54, 1.807) is 19.2 Å². The maximum absolute atomic E-state index is 13.5. The molecule has 1 N–H and O–H groups in total. The predicted molar refractivity (Wildman–Crippen MR) is 152 cm³/mol. The number of piperidine rings is 1. The zero-order valence-electron chi connectivity index (χ0n) is 23.2. The van der Waals surface area contributed by atoms with Gasteiger partial charge < -0.3 is 19.2 Å². The van der Waals surface area contributed by atoms with Gasteiger partial charge >= 0.3 is 0 Å². The number of aliphatic hydroxyl groups is 1. The molecule has 3 heterocycles. The lowest BCUT2D eigenvalue weighted by Crippen LogP contribution is -2.33. The second-order valence-corrected chi connectivity index (χ2v) is 10.9. The van der Waals surface area contributed by atoms with E-state index in [4.69, 9.17) is 9.15 Å². The van der Waals surface area contributed by atoms with Crippen LogP contribution in [0, 0.1) is 12.8 Å². The lowest BCUT2D eigenvalue weighted by Gasteiger charge is -2.32. The molecular formula is C32H36N2O5. The normalized spacial score (nSPS) is 19.8. The van der Waals surface area contributed by atoms with Gasteiger partial charge in [-0.2, -0.15) is 0 Å². The molecule has 2 aliphatic heterocycles. The summed E-state index contributed by atoms with van der Waals surface area (Å²) in [5.41, 5.74) is 3.79. The molecule has 1 amide bonds. The van der Waals surface area contributed by atoms with E-state index in [1.165, 1.54) is 11.2 Å². The molecule has 1 unspecified atom stereocenters. The van der Waals surface area contributed by atoms with Crippen LogP contribution in [-0.4, -0.2) is 37.0 Å². The zero-order valence-corrected chi connectivity index (χ0v) is 23.2. The van der Waals surface area contributed by atoms with E-state index >= 15 is 0 Å². The number of anilines is 2. The molecule has 5 rings (SSSR count). The average Bonchev–Trinajstić information content (AvgIpc) is 3.55. The Morgan fingerprint density at radius 3 is 2.31 bits per heavy atom. The van der Waals surface area contributed by atoms with Crippen molar-refractivity contribution in [1.82, 2.24) is 0 Å². The maximum atomic E-state index is 13.5. The van der Waals surface area contributed by atoms with Crippen molar-refractivity contribution >= 4 is 28.8 Å². The number of carbonyl (C=O) groups excluding carboxylic acids is 2. The first-order chi connectivity index (χ1) is 18.7. The van der Waals surface area contributed by atoms with Crippen LogP contribution in [0.15, 0.2) is 64.8 Å². The quantitative estimate of drug-likeness (QED) is 0.221. The summed E-state index contributed by atoms with van der Waals surface area (Å²) in [6.45, 7) is 10.2. The summed E-state index contributed by atoms with van der Waals surface area (Å²) in [7, 11) is 1.61. The Labute approximate surface area is 229 Å². The van der Waals surface area contributed by atoms with Crippen molar-refractivity contribution in [3.63, 3.8) is 0 Å². The van der Waals surface area contributed by atoms with E-state index in [0.29, 0.717) is 22.8 Å². The van der Waals surface area contributed by atoms with Gasteiger partial charge in [-0.25, -0.2) is 0 Å².